The lowest BCUT2D eigenvalue weighted by Gasteiger charge is -2.40. The highest BCUT2D eigenvalue weighted by atomic mass is 16.5. The molecule has 3 heteroatoms. The van der Waals surface area contributed by atoms with E-state index >= 15 is 0 Å². The minimum Gasteiger partial charge on any atom is -0.372 e. The van der Waals surface area contributed by atoms with Crippen molar-refractivity contribution < 1.29 is 4.74 Å². The van der Waals surface area contributed by atoms with Gasteiger partial charge in [0.05, 0.1) is 12.2 Å². The van der Waals surface area contributed by atoms with Gasteiger partial charge in [0.1, 0.15) is 0 Å². The molecule has 2 heterocycles. The first-order valence-electron chi connectivity index (χ1n) is 4.81. The Balaban J connectivity index is 2.10. The molecule has 2 saturated heterocycles. The van der Waals surface area contributed by atoms with Gasteiger partial charge in [-0.25, -0.2) is 0 Å². The monoisotopic (exact) mass is 170 g/mol. The Hall–Kier alpha value is -0.120. The van der Waals surface area contributed by atoms with Crippen LogP contribution in [0.3, 0.4) is 0 Å². The Morgan fingerprint density at radius 1 is 1.67 bits per heavy atom. The zero-order chi connectivity index (χ0) is 8.60. The van der Waals surface area contributed by atoms with E-state index in [1.54, 1.807) is 0 Å². The van der Waals surface area contributed by atoms with Gasteiger partial charge in [0.25, 0.3) is 0 Å². The maximum absolute atomic E-state index is 5.86. The molecule has 0 aliphatic carbocycles. The maximum atomic E-state index is 5.86. The zero-order valence-corrected chi connectivity index (χ0v) is 7.68. The number of hydrogen-bond acceptors (Lipinski definition) is 3. The van der Waals surface area contributed by atoms with Crippen molar-refractivity contribution >= 4 is 0 Å². The van der Waals surface area contributed by atoms with Gasteiger partial charge in [0.2, 0.25) is 0 Å². The molecule has 0 spiro atoms. The van der Waals surface area contributed by atoms with Crippen LogP contribution in [-0.4, -0.2) is 31.8 Å². The van der Waals surface area contributed by atoms with E-state index in [4.69, 9.17) is 10.5 Å². The number of rotatable bonds is 1. The third-order valence-electron chi connectivity index (χ3n) is 3.25. The quantitative estimate of drug-likeness (QED) is 0.580. The van der Waals surface area contributed by atoms with Crippen LogP contribution in [0.5, 0.6) is 0 Å². The molecule has 70 valence electrons. The second-order valence-electron chi connectivity index (χ2n) is 4.25. The van der Waals surface area contributed by atoms with Crippen molar-refractivity contribution in [2.45, 2.75) is 18.9 Å². The molecule has 2 rings (SSSR count). The largest absolute Gasteiger partial charge is 0.372 e. The van der Waals surface area contributed by atoms with Crippen molar-refractivity contribution in [2.75, 3.05) is 26.2 Å². The fourth-order valence-corrected chi connectivity index (χ4v) is 2.42. The van der Waals surface area contributed by atoms with E-state index in [1.807, 2.05) is 0 Å². The van der Waals surface area contributed by atoms with Crippen molar-refractivity contribution in [2.24, 2.45) is 17.6 Å². The smallest absolute Gasteiger partial charge is 0.0967 e. The molecule has 12 heavy (non-hydrogen) atoms. The van der Waals surface area contributed by atoms with E-state index in [2.05, 4.69) is 12.2 Å². The minimum atomic E-state index is -0.0213. The van der Waals surface area contributed by atoms with E-state index < -0.39 is 0 Å². The average Bonchev–Trinajstić information content (AvgIpc) is 2.48. The number of ether oxygens (including phenoxy) is 1. The lowest BCUT2D eigenvalue weighted by molar-refractivity contribution is -0.106. The molecule has 0 saturated carbocycles. The van der Waals surface area contributed by atoms with Crippen molar-refractivity contribution in [3.05, 3.63) is 0 Å². The number of nitrogens with one attached hydrogen (secondary N) is 1. The van der Waals surface area contributed by atoms with Crippen LogP contribution < -0.4 is 11.1 Å². The molecule has 0 aromatic heterocycles. The van der Waals surface area contributed by atoms with Gasteiger partial charge < -0.3 is 15.8 Å². The molecule has 3 unspecified atom stereocenters. The van der Waals surface area contributed by atoms with E-state index in [1.165, 1.54) is 6.42 Å². The van der Waals surface area contributed by atoms with E-state index in [-0.39, 0.29) is 5.60 Å². The molecule has 0 amide bonds. The van der Waals surface area contributed by atoms with E-state index in [0.717, 1.165) is 19.7 Å². The van der Waals surface area contributed by atoms with Gasteiger partial charge in [0.15, 0.2) is 0 Å². The highest BCUT2D eigenvalue weighted by Gasteiger charge is 2.46. The second kappa shape index (κ2) is 2.98. The Labute approximate surface area is 73.7 Å². The average molecular weight is 170 g/mol. The summed E-state index contributed by atoms with van der Waals surface area (Å²) < 4.78 is 5.86. The van der Waals surface area contributed by atoms with Gasteiger partial charge >= 0.3 is 0 Å². The molecular weight excluding hydrogens is 152 g/mol. The van der Waals surface area contributed by atoms with Crippen LogP contribution in [-0.2, 0) is 4.74 Å². The van der Waals surface area contributed by atoms with Crippen molar-refractivity contribution in [3.8, 4) is 0 Å². The molecule has 0 aromatic rings. The van der Waals surface area contributed by atoms with Crippen LogP contribution in [0, 0.1) is 11.8 Å². The van der Waals surface area contributed by atoms with Gasteiger partial charge in [-0.3, -0.25) is 0 Å². The summed E-state index contributed by atoms with van der Waals surface area (Å²) in [5.41, 5.74) is 5.74. The van der Waals surface area contributed by atoms with Gasteiger partial charge in [-0.05, 0) is 12.3 Å². The molecule has 3 nitrogen and oxygen atoms in total. The van der Waals surface area contributed by atoms with Crippen LogP contribution in [0.1, 0.15) is 13.3 Å². The van der Waals surface area contributed by atoms with Crippen molar-refractivity contribution in [1.29, 1.82) is 0 Å². The third kappa shape index (κ3) is 1.16. The van der Waals surface area contributed by atoms with Crippen LogP contribution in [0.15, 0.2) is 0 Å². The summed E-state index contributed by atoms with van der Waals surface area (Å²) in [6, 6.07) is 0. The van der Waals surface area contributed by atoms with Gasteiger partial charge in [0, 0.05) is 25.6 Å². The van der Waals surface area contributed by atoms with Crippen LogP contribution >= 0.6 is 0 Å². The Morgan fingerprint density at radius 2 is 2.50 bits per heavy atom. The Kier molecular flexibility index (Phi) is 2.10. The van der Waals surface area contributed by atoms with E-state index in [0.29, 0.717) is 18.4 Å². The van der Waals surface area contributed by atoms with Crippen LogP contribution in [0.2, 0.25) is 0 Å². The van der Waals surface area contributed by atoms with Crippen molar-refractivity contribution in [3.63, 3.8) is 0 Å². The molecule has 2 aliphatic heterocycles. The molecule has 2 fully saturated rings. The highest BCUT2D eigenvalue weighted by molar-refractivity contribution is 5.00. The molecule has 2 aliphatic rings. The molecule has 0 aromatic carbocycles. The Morgan fingerprint density at radius 3 is 3.25 bits per heavy atom. The summed E-state index contributed by atoms with van der Waals surface area (Å²) in [4.78, 5) is 0. The summed E-state index contributed by atoms with van der Waals surface area (Å²) in [6.45, 7) is 5.83. The summed E-state index contributed by atoms with van der Waals surface area (Å²) in [5.74, 6) is 1.35. The second-order valence-corrected chi connectivity index (χ2v) is 4.25. The SMILES string of the molecule is CC1COC2(CN)CNCC2C1. The summed E-state index contributed by atoms with van der Waals surface area (Å²) in [6.07, 6.45) is 1.27. The fourth-order valence-electron chi connectivity index (χ4n) is 2.42. The predicted molar refractivity (Wildman–Crippen MR) is 47.9 cm³/mol. The number of hydrogen-bond donors (Lipinski definition) is 2. The molecule has 0 radical (unpaired) electrons. The summed E-state index contributed by atoms with van der Waals surface area (Å²) in [5, 5.41) is 3.37. The summed E-state index contributed by atoms with van der Waals surface area (Å²) in [7, 11) is 0. The van der Waals surface area contributed by atoms with Crippen LogP contribution in [0.4, 0.5) is 0 Å². The first-order chi connectivity index (χ1) is 5.77. The van der Waals surface area contributed by atoms with Gasteiger partial charge in [-0.1, -0.05) is 6.92 Å². The predicted octanol–water partition coefficient (Wildman–Crippen LogP) is -0.0403. The van der Waals surface area contributed by atoms with Gasteiger partial charge in [-0.15, -0.1) is 0 Å². The lowest BCUT2D eigenvalue weighted by Crippen LogP contribution is -2.51. The number of nitrogens with two attached hydrogens (primary N) is 1. The zero-order valence-electron chi connectivity index (χ0n) is 7.68. The third-order valence-corrected chi connectivity index (χ3v) is 3.25. The Bertz CT molecular complexity index is 174. The van der Waals surface area contributed by atoms with Crippen LogP contribution in [0.25, 0.3) is 0 Å². The van der Waals surface area contributed by atoms with Gasteiger partial charge in [-0.2, -0.15) is 0 Å². The lowest BCUT2D eigenvalue weighted by atomic mass is 9.81. The highest BCUT2D eigenvalue weighted by Crippen LogP contribution is 2.35. The standard InChI is InChI=1S/C9H18N2O/c1-7-2-8-3-11-6-9(8,5-10)12-4-7/h7-8,11H,2-6,10H2,1H3. The van der Waals surface area contributed by atoms with Crippen molar-refractivity contribution in [1.82, 2.24) is 5.32 Å². The summed E-state index contributed by atoms with van der Waals surface area (Å²) >= 11 is 0. The van der Waals surface area contributed by atoms with E-state index in [9.17, 15) is 0 Å². The number of fused-ring (bicyclic) bond motifs is 1. The molecule has 0 bridgehead atoms. The fraction of sp³-hybridized carbons (Fsp3) is 1.00. The molecular formula is C9H18N2O. The molecule has 3 N–H and O–H groups in total. The molecule has 3 atom stereocenters. The first-order valence-corrected chi connectivity index (χ1v) is 4.81. The minimum absolute atomic E-state index is 0.0213. The normalized spacial score (nSPS) is 47.5. The maximum Gasteiger partial charge on any atom is 0.0967 e. The topological polar surface area (TPSA) is 47.3 Å². The first kappa shape index (κ1) is 8.48.